The van der Waals surface area contributed by atoms with E-state index >= 15 is 0 Å². The number of nitrogens with zero attached hydrogens (tertiary/aromatic N) is 3. The molecule has 0 N–H and O–H groups in total. The molecule has 0 atom stereocenters. The van der Waals surface area contributed by atoms with Gasteiger partial charge in [-0.05, 0) is 55.3 Å². The van der Waals surface area contributed by atoms with Crippen molar-refractivity contribution >= 4 is 16.8 Å². The molecule has 0 aliphatic rings. The average molecular weight is 402 g/mol. The van der Waals surface area contributed by atoms with Crippen molar-refractivity contribution in [1.29, 1.82) is 5.26 Å². The van der Waals surface area contributed by atoms with Crippen LogP contribution in [0.4, 0.5) is 0 Å². The summed E-state index contributed by atoms with van der Waals surface area (Å²) in [6, 6.07) is 15.4. The van der Waals surface area contributed by atoms with Gasteiger partial charge in [-0.3, -0.25) is 4.79 Å². The first kappa shape index (κ1) is 21.4. The standard InChI is InChI=1S/C25H27N3O2/c1-5-11-27(17-21-8-6-7-20(14-21)16-26)25(29)22-9-10-24-23(15-22)18(2)19(3)28(24)12-13-30-4/h5-10,14-15H,1,11-13,17H2,2-4H3. The van der Waals surface area contributed by atoms with Crippen molar-refractivity contribution in [2.24, 2.45) is 0 Å². The van der Waals surface area contributed by atoms with Gasteiger partial charge < -0.3 is 14.2 Å². The Morgan fingerprint density at radius 2 is 2.07 bits per heavy atom. The minimum absolute atomic E-state index is 0.0548. The molecule has 1 heterocycles. The Morgan fingerprint density at radius 1 is 1.27 bits per heavy atom. The third-order valence-corrected chi connectivity index (χ3v) is 5.47. The third kappa shape index (κ3) is 4.29. The Hall–Kier alpha value is -3.36. The first-order valence-electron chi connectivity index (χ1n) is 9.97. The van der Waals surface area contributed by atoms with Gasteiger partial charge in [0.05, 0.1) is 18.2 Å². The van der Waals surface area contributed by atoms with Gasteiger partial charge >= 0.3 is 0 Å². The molecular weight excluding hydrogens is 374 g/mol. The van der Waals surface area contributed by atoms with E-state index in [-0.39, 0.29) is 5.91 Å². The van der Waals surface area contributed by atoms with Crippen LogP contribution in [0.2, 0.25) is 0 Å². The van der Waals surface area contributed by atoms with Crippen LogP contribution in [0.25, 0.3) is 10.9 Å². The number of fused-ring (bicyclic) bond motifs is 1. The minimum Gasteiger partial charge on any atom is -0.383 e. The number of nitriles is 1. The van der Waals surface area contributed by atoms with E-state index in [1.807, 2.05) is 36.4 Å². The lowest BCUT2D eigenvalue weighted by Crippen LogP contribution is -2.30. The predicted octanol–water partition coefficient (Wildman–Crippen LogP) is 4.60. The first-order valence-corrected chi connectivity index (χ1v) is 9.97. The van der Waals surface area contributed by atoms with Gasteiger partial charge in [-0.15, -0.1) is 6.58 Å². The molecule has 1 aromatic heterocycles. The number of methoxy groups -OCH3 is 1. The predicted molar refractivity (Wildman–Crippen MR) is 119 cm³/mol. The maximum atomic E-state index is 13.3. The molecule has 0 aliphatic heterocycles. The van der Waals surface area contributed by atoms with Gasteiger partial charge in [0.15, 0.2) is 0 Å². The summed E-state index contributed by atoms with van der Waals surface area (Å²) in [5.74, 6) is -0.0548. The van der Waals surface area contributed by atoms with E-state index in [0.29, 0.717) is 30.8 Å². The fourth-order valence-electron chi connectivity index (χ4n) is 3.77. The normalized spacial score (nSPS) is 10.7. The molecule has 2 aromatic carbocycles. The molecule has 0 radical (unpaired) electrons. The number of rotatable bonds is 8. The molecule has 5 nitrogen and oxygen atoms in total. The van der Waals surface area contributed by atoms with Crippen LogP contribution < -0.4 is 0 Å². The van der Waals surface area contributed by atoms with E-state index in [2.05, 4.69) is 31.1 Å². The molecule has 0 unspecified atom stereocenters. The number of carbonyl (C=O) groups excluding carboxylic acids is 1. The van der Waals surface area contributed by atoms with Crippen LogP contribution in [-0.4, -0.2) is 35.6 Å². The van der Waals surface area contributed by atoms with E-state index in [9.17, 15) is 4.79 Å². The quantitative estimate of drug-likeness (QED) is 0.518. The lowest BCUT2D eigenvalue weighted by atomic mass is 10.1. The lowest BCUT2D eigenvalue weighted by molar-refractivity contribution is 0.0763. The highest BCUT2D eigenvalue weighted by molar-refractivity contribution is 5.99. The molecular formula is C25H27N3O2. The summed E-state index contributed by atoms with van der Waals surface area (Å²) in [6.45, 7) is 10.2. The second-order valence-corrected chi connectivity index (χ2v) is 7.37. The van der Waals surface area contributed by atoms with Gasteiger partial charge in [0, 0.05) is 48.9 Å². The largest absolute Gasteiger partial charge is 0.383 e. The summed E-state index contributed by atoms with van der Waals surface area (Å²) in [7, 11) is 1.70. The topological polar surface area (TPSA) is 58.3 Å². The van der Waals surface area contributed by atoms with E-state index < -0.39 is 0 Å². The van der Waals surface area contributed by atoms with Crippen LogP contribution in [0.3, 0.4) is 0 Å². The minimum atomic E-state index is -0.0548. The summed E-state index contributed by atoms with van der Waals surface area (Å²) in [6.07, 6.45) is 1.72. The molecule has 0 spiro atoms. The Labute approximate surface area is 177 Å². The highest BCUT2D eigenvalue weighted by Gasteiger charge is 2.18. The molecule has 1 amide bonds. The number of hydrogen-bond acceptors (Lipinski definition) is 3. The first-order chi connectivity index (χ1) is 14.5. The van der Waals surface area contributed by atoms with Crippen molar-refractivity contribution in [3.8, 4) is 6.07 Å². The molecule has 3 rings (SSSR count). The van der Waals surface area contributed by atoms with E-state index in [4.69, 9.17) is 10.00 Å². The molecule has 0 saturated carbocycles. The summed E-state index contributed by atoms with van der Waals surface area (Å²) in [5, 5.41) is 10.2. The van der Waals surface area contributed by atoms with Crippen molar-refractivity contribution in [1.82, 2.24) is 9.47 Å². The fourth-order valence-corrected chi connectivity index (χ4v) is 3.77. The Morgan fingerprint density at radius 3 is 2.77 bits per heavy atom. The molecule has 5 heteroatoms. The van der Waals surface area contributed by atoms with Crippen LogP contribution in [0, 0.1) is 25.2 Å². The van der Waals surface area contributed by atoms with Crippen LogP contribution in [0.5, 0.6) is 0 Å². The van der Waals surface area contributed by atoms with Gasteiger partial charge in [0.1, 0.15) is 0 Å². The second kappa shape index (κ2) is 9.43. The van der Waals surface area contributed by atoms with Crippen LogP contribution >= 0.6 is 0 Å². The van der Waals surface area contributed by atoms with Crippen LogP contribution in [0.15, 0.2) is 55.1 Å². The van der Waals surface area contributed by atoms with Crippen LogP contribution in [-0.2, 0) is 17.8 Å². The van der Waals surface area contributed by atoms with Gasteiger partial charge in [-0.25, -0.2) is 0 Å². The zero-order valence-corrected chi connectivity index (χ0v) is 17.8. The number of aromatic nitrogens is 1. The Balaban J connectivity index is 1.93. The molecule has 0 fully saturated rings. The van der Waals surface area contributed by atoms with Gasteiger partial charge in [-0.1, -0.05) is 18.2 Å². The number of hydrogen-bond donors (Lipinski definition) is 0. The highest BCUT2D eigenvalue weighted by Crippen LogP contribution is 2.27. The van der Waals surface area contributed by atoms with Crippen molar-refractivity contribution in [3.63, 3.8) is 0 Å². The molecule has 3 aromatic rings. The number of amides is 1. The van der Waals surface area contributed by atoms with Gasteiger partial charge in [0.2, 0.25) is 0 Å². The molecule has 0 bridgehead atoms. The van der Waals surface area contributed by atoms with Crippen molar-refractivity contribution < 1.29 is 9.53 Å². The SMILES string of the molecule is C=CCN(Cc1cccc(C#N)c1)C(=O)c1ccc2c(c1)c(C)c(C)n2CCOC. The molecule has 30 heavy (non-hydrogen) atoms. The second-order valence-electron chi connectivity index (χ2n) is 7.37. The number of aryl methyl sites for hydroxylation is 1. The smallest absolute Gasteiger partial charge is 0.254 e. The molecule has 0 saturated heterocycles. The molecule has 0 aliphatic carbocycles. The Kier molecular flexibility index (Phi) is 6.71. The number of benzene rings is 2. The average Bonchev–Trinajstić information content (AvgIpc) is 3.01. The Bertz CT molecular complexity index is 1120. The summed E-state index contributed by atoms with van der Waals surface area (Å²) in [4.78, 5) is 15.0. The zero-order chi connectivity index (χ0) is 21.7. The van der Waals surface area contributed by atoms with Crippen molar-refractivity contribution in [2.45, 2.75) is 26.9 Å². The summed E-state index contributed by atoms with van der Waals surface area (Å²) < 4.78 is 7.47. The number of carbonyl (C=O) groups is 1. The summed E-state index contributed by atoms with van der Waals surface area (Å²) in [5.41, 5.74) is 5.62. The van der Waals surface area contributed by atoms with Gasteiger partial charge in [-0.2, -0.15) is 5.26 Å². The maximum absolute atomic E-state index is 13.3. The van der Waals surface area contributed by atoms with Crippen LogP contribution in [0.1, 0.15) is 32.7 Å². The van der Waals surface area contributed by atoms with E-state index in [0.717, 1.165) is 23.0 Å². The van der Waals surface area contributed by atoms with Crippen molar-refractivity contribution in [2.75, 3.05) is 20.3 Å². The van der Waals surface area contributed by atoms with E-state index in [1.165, 1.54) is 11.3 Å². The zero-order valence-electron chi connectivity index (χ0n) is 17.8. The third-order valence-electron chi connectivity index (χ3n) is 5.47. The monoisotopic (exact) mass is 401 g/mol. The molecule has 154 valence electrons. The highest BCUT2D eigenvalue weighted by atomic mass is 16.5. The fraction of sp³-hybridized carbons (Fsp3) is 0.280. The lowest BCUT2D eigenvalue weighted by Gasteiger charge is -2.21. The van der Waals surface area contributed by atoms with Crippen molar-refractivity contribution in [3.05, 3.63) is 83.1 Å². The summed E-state index contributed by atoms with van der Waals surface area (Å²) >= 11 is 0. The maximum Gasteiger partial charge on any atom is 0.254 e. The number of ether oxygens (including phenoxy) is 1. The van der Waals surface area contributed by atoms with E-state index in [1.54, 1.807) is 24.2 Å². The van der Waals surface area contributed by atoms with Gasteiger partial charge in [0.25, 0.3) is 5.91 Å².